The van der Waals surface area contributed by atoms with Crippen LogP contribution >= 0.6 is 11.8 Å². The summed E-state index contributed by atoms with van der Waals surface area (Å²) in [5, 5.41) is 7.09. The number of benzene rings is 1. The van der Waals surface area contributed by atoms with E-state index in [2.05, 4.69) is 48.1 Å². The highest BCUT2D eigenvalue weighted by Gasteiger charge is 2.14. The van der Waals surface area contributed by atoms with Crippen molar-refractivity contribution in [2.45, 2.75) is 30.7 Å². The van der Waals surface area contributed by atoms with Gasteiger partial charge in [0.25, 0.3) is 0 Å². The number of rotatable bonds is 5. The summed E-state index contributed by atoms with van der Waals surface area (Å²) in [6, 6.07) is 9.36. The number of nitrogens with one attached hydrogen (secondary N) is 2. The quantitative estimate of drug-likeness (QED) is 0.799. The van der Waals surface area contributed by atoms with Gasteiger partial charge in [-0.25, -0.2) is 0 Å². The van der Waals surface area contributed by atoms with Crippen LogP contribution in [0.4, 0.5) is 0 Å². The summed E-state index contributed by atoms with van der Waals surface area (Å²) in [7, 11) is 0. The van der Waals surface area contributed by atoms with Gasteiger partial charge in [0.15, 0.2) is 0 Å². The van der Waals surface area contributed by atoms with E-state index in [0.717, 1.165) is 12.5 Å². The predicted octanol–water partition coefficient (Wildman–Crippen LogP) is 3.06. The Morgan fingerprint density at radius 3 is 2.56 bits per heavy atom. The molecule has 0 radical (unpaired) electrons. The number of hydrogen-bond donors (Lipinski definition) is 2. The SMILES string of the molecule is CSc1ccc(C(C)NCC2CCNCC2)cc1. The molecule has 1 aliphatic rings. The summed E-state index contributed by atoms with van der Waals surface area (Å²) in [5.74, 6) is 0.846. The first-order valence-corrected chi connectivity index (χ1v) is 8.10. The minimum atomic E-state index is 0.454. The minimum Gasteiger partial charge on any atom is -0.317 e. The van der Waals surface area contributed by atoms with Crippen LogP contribution in [0.25, 0.3) is 0 Å². The highest BCUT2D eigenvalue weighted by atomic mass is 32.2. The molecule has 0 bridgehead atoms. The fraction of sp³-hybridized carbons (Fsp3) is 0.600. The second-order valence-electron chi connectivity index (χ2n) is 5.10. The first-order valence-electron chi connectivity index (χ1n) is 6.87. The average Bonchev–Trinajstić information content (AvgIpc) is 2.46. The monoisotopic (exact) mass is 264 g/mol. The lowest BCUT2D eigenvalue weighted by Gasteiger charge is -2.25. The standard InChI is InChI=1S/C15H24N2S/c1-12(14-3-5-15(18-2)6-4-14)17-11-13-7-9-16-10-8-13/h3-6,12-13,16-17H,7-11H2,1-2H3. The Bertz CT molecular complexity index is 344. The van der Waals surface area contributed by atoms with Crippen molar-refractivity contribution in [1.82, 2.24) is 10.6 Å². The number of piperidine rings is 1. The molecule has 2 N–H and O–H groups in total. The molecule has 100 valence electrons. The van der Waals surface area contributed by atoms with Gasteiger partial charge in [-0.2, -0.15) is 0 Å². The van der Waals surface area contributed by atoms with E-state index in [9.17, 15) is 0 Å². The van der Waals surface area contributed by atoms with Crippen molar-refractivity contribution in [2.75, 3.05) is 25.9 Å². The molecule has 1 heterocycles. The van der Waals surface area contributed by atoms with Gasteiger partial charge >= 0.3 is 0 Å². The molecule has 1 fully saturated rings. The van der Waals surface area contributed by atoms with Crippen LogP contribution in [0.3, 0.4) is 0 Å². The van der Waals surface area contributed by atoms with Gasteiger partial charge in [-0.1, -0.05) is 12.1 Å². The zero-order chi connectivity index (χ0) is 12.8. The zero-order valence-corrected chi connectivity index (χ0v) is 12.2. The van der Waals surface area contributed by atoms with Crippen LogP contribution in [-0.2, 0) is 0 Å². The molecule has 2 nitrogen and oxygen atoms in total. The summed E-state index contributed by atoms with van der Waals surface area (Å²) in [5.41, 5.74) is 1.39. The van der Waals surface area contributed by atoms with Crippen molar-refractivity contribution >= 4 is 11.8 Å². The summed E-state index contributed by atoms with van der Waals surface area (Å²) in [4.78, 5) is 1.34. The second kappa shape index (κ2) is 7.17. The predicted molar refractivity (Wildman–Crippen MR) is 80.2 cm³/mol. The van der Waals surface area contributed by atoms with Crippen molar-refractivity contribution in [3.63, 3.8) is 0 Å². The van der Waals surface area contributed by atoms with Crippen LogP contribution in [0.5, 0.6) is 0 Å². The molecule has 0 aromatic heterocycles. The topological polar surface area (TPSA) is 24.1 Å². The lowest BCUT2D eigenvalue weighted by atomic mass is 9.97. The normalized spacial score (nSPS) is 18.8. The largest absolute Gasteiger partial charge is 0.317 e. The van der Waals surface area contributed by atoms with Crippen LogP contribution in [0.1, 0.15) is 31.4 Å². The average molecular weight is 264 g/mol. The van der Waals surface area contributed by atoms with Gasteiger partial charge in [0.1, 0.15) is 0 Å². The first kappa shape index (κ1) is 13.9. The zero-order valence-electron chi connectivity index (χ0n) is 11.4. The van der Waals surface area contributed by atoms with Gasteiger partial charge in [0.2, 0.25) is 0 Å². The van der Waals surface area contributed by atoms with Crippen molar-refractivity contribution in [1.29, 1.82) is 0 Å². The summed E-state index contributed by atoms with van der Waals surface area (Å²) in [6.07, 6.45) is 4.74. The van der Waals surface area contributed by atoms with Crippen molar-refractivity contribution < 1.29 is 0 Å². The lowest BCUT2D eigenvalue weighted by molar-refractivity contribution is 0.345. The van der Waals surface area contributed by atoms with E-state index >= 15 is 0 Å². The Labute approximate surface area is 115 Å². The third-order valence-corrected chi connectivity index (χ3v) is 4.53. The van der Waals surface area contributed by atoms with Crippen LogP contribution in [-0.4, -0.2) is 25.9 Å². The third-order valence-electron chi connectivity index (χ3n) is 3.79. The summed E-state index contributed by atoms with van der Waals surface area (Å²) < 4.78 is 0. The molecule has 1 aromatic carbocycles. The number of hydrogen-bond acceptors (Lipinski definition) is 3. The smallest absolute Gasteiger partial charge is 0.0291 e. The van der Waals surface area contributed by atoms with Crippen molar-refractivity contribution in [3.8, 4) is 0 Å². The molecule has 0 saturated carbocycles. The molecule has 1 unspecified atom stereocenters. The molecule has 2 rings (SSSR count). The van der Waals surface area contributed by atoms with E-state index in [1.165, 1.54) is 36.4 Å². The highest BCUT2D eigenvalue weighted by Crippen LogP contribution is 2.19. The molecule has 1 saturated heterocycles. The van der Waals surface area contributed by atoms with Crippen LogP contribution < -0.4 is 10.6 Å². The van der Waals surface area contributed by atoms with Crippen molar-refractivity contribution in [2.24, 2.45) is 5.92 Å². The molecule has 0 amide bonds. The molecular weight excluding hydrogens is 240 g/mol. The number of thioether (sulfide) groups is 1. The molecule has 0 aliphatic carbocycles. The molecule has 1 aromatic rings. The van der Waals surface area contributed by atoms with Gasteiger partial charge in [0.05, 0.1) is 0 Å². The van der Waals surface area contributed by atoms with E-state index in [1.54, 1.807) is 11.8 Å². The lowest BCUT2D eigenvalue weighted by Crippen LogP contribution is -2.34. The van der Waals surface area contributed by atoms with Crippen molar-refractivity contribution in [3.05, 3.63) is 29.8 Å². The second-order valence-corrected chi connectivity index (χ2v) is 5.98. The summed E-state index contributed by atoms with van der Waals surface area (Å²) in [6.45, 7) is 5.77. The van der Waals surface area contributed by atoms with Gasteiger partial charge in [-0.15, -0.1) is 11.8 Å². The highest BCUT2D eigenvalue weighted by molar-refractivity contribution is 7.98. The molecule has 18 heavy (non-hydrogen) atoms. The van der Waals surface area contributed by atoms with Crippen LogP contribution in [0.2, 0.25) is 0 Å². The first-order chi connectivity index (χ1) is 8.79. The van der Waals surface area contributed by atoms with E-state index in [0.29, 0.717) is 6.04 Å². The molecule has 1 atom stereocenters. The fourth-order valence-corrected chi connectivity index (χ4v) is 2.85. The van der Waals surface area contributed by atoms with E-state index in [-0.39, 0.29) is 0 Å². The Morgan fingerprint density at radius 2 is 1.94 bits per heavy atom. The van der Waals surface area contributed by atoms with Gasteiger partial charge in [-0.3, -0.25) is 0 Å². The van der Waals surface area contributed by atoms with Gasteiger partial charge in [-0.05, 0) is 69.3 Å². The van der Waals surface area contributed by atoms with E-state index < -0.39 is 0 Å². The van der Waals surface area contributed by atoms with Gasteiger partial charge in [0, 0.05) is 10.9 Å². The Kier molecular flexibility index (Phi) is 5.54. The summed E-state index contributed by atoms with van der Waals surface area (Å²) >= 11 is 1.80. The maximum atomic E-state index is 3.67. The minimum absolute atomic E-state index is 0.454. The maximum absolute atomic E-state index is 3.67. The third kappa shape index (κ3) is 4.01. The molecule has 3 heteroatoms. The Balaban J connectivity index is 1.80. The Morgan fingerprint density at radius 1 is 1.28 bits per heavy atom. The Hall–Kier alpha value is -0.510. The fourth-order valence-electron chi connectivity index (χ4n) is 2.44. The van der Waals surface area contributed by atoms with E-state index in [4.69, 9.17) is 0 Å². The molecule has 0 spiro atoms. The van der Waals surface area contributed by atoms with Gasteiger partial charge < -0.3 is 10.6 Å². The van der Waals surface area contributed by atoms with E-state index in [1.807, 2.05) is 0 Å². The maximum Gasteiger partial charge on any atom is 0.0291 e. The molecule has 1 aliphatic heterocycles. The van der Waals surface area contributed by atoms with Crippen LogP contribution in [0.15, 0.2) is 29.2 Å². The molecular formula is C15H24N2S. The van der Waals surface area contributed by atoms with Crippen LogP contribution in [0, 0.1) is 5.92 Å².